The normalized spacial score (nSPS) is 11.9. The van der Waals surface area contributed by atoms with E-state index in [1.807, 2.05) is 6.07 Å². The van der Waals surface area contributed by atoms with Crippen molar-refractivity contribution >= 4 is 46.4 Å². The van der Waals surface area contributed by atoms with Crippen LogP contribution in [-0.2, 0) is 14.4 Å². The van der Waals surface area contributed by atoms with Crippen molar-refractivity contribution in [3.05, 3.63) is 115 Å². The van der Waals surface area contributed by atoms with Gasteiger partial charge in [0.1, 0.15) is 5.75 Å². The van der Waals surface area contributed by atoms with Gasteiger partial charge >= 0.3 is 6.03 Å². The molecule has 4 N–H and O–H groups in total. The van der Waals surface area contributed by atoms with Crippen LogP contribution in [0.15, 0.2) is 109 Å². The fourth-order valence-electron chi connectivity index (χ4n) is 4.78. The Balaban J connectivity index is 1.75. The van der Waals surface area contributed by atoms with Crippen molar-refractivity contribution in [3.8, 4) is 5.75 Å². The molecule has 4 aromatic rings. The van der Waals surface area contributed by atoms with Gasteiger partial charge in [-0.05, 0) is 61.0 Å². The summed E-state index contributed by atoms with van der Waals surface area (Å²) in [7, 11) is 3.02. The third-order valence-corrected chi connectivity index (χ3v) is 7.16. The van der Waals surface area contributed by atoms with Crippen molar-refractivity contribution < 1.29 is 29.0 Å². The monoisotopic (exact) mass is 623 g/mol. The Morgan fingerprint density at radius 3 is 2.07 bits per heavy atom. The van der Waals surface area contributed by atoms with E-state index in [1.165, 1.54) is 21.7 Å². The van der Waals surface area contributed by atoms with Crippen LogP contribution in [0.1, 0.15) is 18.6 Å². The summed E-state index contributed by atoms with van der Waals surface area (Å²) in [5.74, 6) is -1.62. The molecule has 0 radical (unpaired) electrons. The molecule has 46 heavy (non-hydrogen) atoms. The van der Waals surface area contributed by atoms with Crippen molar-refractivity contribution in [2.24, 2.45) is 5.73 Å². The Morgan fingerprint density at radius 1 is 0.826 bits per heavy atom. The van der Waals surface area contributed by atoms with Gasteiger partial charge in [-0.2, -0.15) is 0 Å². The van der Waals surface area contributed by atoms with E-state index in [2.05, 4.69) is 5.32 Å². The molecule has 4 aromatic carbocycles. The first-order chi connectivity index (χ1) is 22.1. The predicted octanol–water partition coefficient (Wildman–Crippen LogP) is 4.51. The molecule has 2 unspecified atom stereocenters. The SMILES string of the molecule is CC(O)c1cccc(NC(=O)N(C)CC(=O)C(C(=O)N(C)c2ccccc2)N(c2ccccc2)c2ccccc2OCC(N)=O)c1. The van der Waals surface area contributed by atoms with Gasteiger partial charge in [0.15, 0.2) is 18.4 Å². The van der Waals surface area contributed by atoms with Crippen LogP contribution in [0, 0.1) is 0 Å². The molecule has 0 aliphatic carbocycles. The highest BCUT2D eigenvalue weighted by molar-refractivity contribution is 6.16. The summed E-state index contributed by atoms with van der Waals surface area (Å²) in [6.07, 6.45) is -0.733. The number of aliphatic hydroxyl groups excluding tert-OH is 1. The number of hydrogen-bond donors (Lipinski definition) is 3. The maximum Gasteiger partial charge on any atom is 0.321 e. The predicted molar refractivity (Wildman–Crippen MR) is 177 cm³/mol. The van der Waals surface area contributed by atoms with Gasteiger partial charge in [-0.25, -0.2) is 4.79 Å². The molecular formula is C35H37N5O6. The number of nitrogens with zero attached hydrogens (tertiary/aromatic N) is 3. The van der Waals surface area contributed by atoms with Crippen LogP contribution in [0.5, 0.6) is 5.75 Å². The number of primary amides is 1. The second-order valence-corrected chi connectivity index (χ2v) is 10.6. The number of anilines is 4. The van der Waals surface area contributed by atoms with Crippen molar-refractivity contribution in [2.75, 3.05) is 42.4 Å². The van der Waals surface area contributed by atoms with E-state index in [1.54, 1.807) is 117 Å². The maximum absolute atomic E-state index is 14.4. The number of amides is 4. The first kappa shape index (κ1) is 33.2. The van der Waals surface area contributed by atoms with Crippen molar-refractivity contribution in [3.63, 3.8) is 0 Å². The number of hydrogen-bond acceptors (Lipinski definition) is 7. The summed E-state index contributed by atoms with van der Waals surface area (Å²) < 4.78 is 5.72. The van der Waals surface area contributed by atoms with Crippen molar-refractivity contribution in [2.45, 2.75) is 19.1 Å². The Labute approximate surface area is 267 Å². The van der Waals surface area contributed by atoms with Crippen molar-refractivity contribution in [1.82, 2.24) is 4.90 Å². The molecule has 0 saturated heterocycles. The fraction of sp³-hybridized carbons (Fsp3) is 0.200. The minimum absolute atomic E-state index is 0.224. The Morgan fingerprint density at radius 2 is 1.43 bits per heavy atom. The minimum Gasteiger partial charge on any atom is -0.482 e. The van der Waals surface area contributed by atoms with E-state index in [4.69, 9.17) is 10.5 Å². The molecule has 4 amide bonds. The second kappa shape index (κ2) is 15.4. The standard InChI is InChI=1S/C35H37N5O6/c1-24(41)25-13-12-14-26(21-25)37-35(45)38(2)22-30(42)33(34(44)39(3)27-15-6-4-7-16-27)40(28-17-8-5-9-18-28)29-19-10-11-20-31(29)46-23-32(36)43/h4-21,24,33,41H,22-23H2,1-3H3,(H2,36,43)(H,37,45). The lowest BCUT2D eigenvalue weighted by atomic mass is 10.0. The molecule has 0 aromatic heterocycles. The molecule has 4 rings (SSSR count). The highest BCUT2D eigenvalue weighted by atomic mass is 16.5. The zero-order valence-corrected chi connectivity index (χ0v) is 25.9. The van der Waals surface area contributed by atoms with Crippen molar-refractivity contribution in [1.29, 1.82) is 0 Å². The average Bonchev–Trinajstić information content (AvgIpc) is 3.06. The molecule has 11 heteroatoms. The summed E-state index contributed by atoms with van der Waals surface area (Å²) in [5.41, 5.74) is 7.79. The summed E-state index contributed by atoms with van der Waals surface area (Å²) in [6, 6.07) is 29.1. The highest BCUT2D eigenvalue weighted by Gasteiger charge is 2.38. The van der Waals surface area contributed by atoms with Crippen LogP contribution in [0.2, 0.25) is 0 Å². The molecule has 0 aliphatic rings. The largest absolute Gasteiger partial charge is 0.482 e. The molecule has 2 atom stereocenters. The van der Waals surface area contributed by atoms with Gasteiger partial charge in [0.2, 0.25) is 0 Å². The number of Topliss-reactive ketones (excluding diaryl/α,β-unsaturated/α-hetero) is 1. The number of likely N-dealkylation sites (N-methyl/N-ethyl adjacent to an activating group) is 2. The first-order valence-electron chi connectivity index (χ1n) is 14.6. The molecule has 238 valence electrons. The number of aliphatic hydroxyl groups is 1. The first-order valence-corrected chi connectivity index (χ1v) is 14.6. The number of ether oxygens (including phenoxy) is 1. The maximum atomic E-state index is 14.4. The van der Waals surface area contributed by atoms with Gasteiger partial charge < -0.3 is 35.6 Å². The topological polar surface area (TPSA) is 146 Å². The number of ketones is 1. The summed E-state index contributed by atoms with van der Waals surface area (Å²) in [6.45, 7) is 0.759. The third-order valence-electron chi connectivity index (χ3n) is 7.16. The molecule has 0 fully saturated rings. The van der Waals surface area contributed by atoms with Gasteiger partial charge in [0.25, 0.3) is 11.8 Å². The van der Waals surface area contributed by atoms with Crippen LogP contribution in [0.3, 0.4) is 0 Å². The number of para-hydroxylation sites is 4. The number of rotatable bonds is 13. The molecule has 0 bridgehead atoms. The zero-order chi connectivity index (χ0) is 33.2. The van der Waals surface area contributed by atoms with Gasteiger partial charge in [-0.15, -0.1) is 0 Å². The molecule has 0 heterocycles. The fourth-order valence-corrected chi connectivity index (χ4v) is 4.78. The molecule has 0 spiro atoms. The quantitative estimate of drug-likeness (QED) is 0.186. The second-order valence-electron chi connectivity index (χ2n) is 10.6. The van der Waals surface area contributed by atoms with E-state index in [9.17, 15) is 24.3 Å². The molecular weight excluding hydrogens is 586 g/mol. The number of carbonyl (C=O) groups is 4. The highest BCUT2D eigenvalue weighted by Crippen LogP contribution is 2.36. The van der Waals surface area contributed by atoms with E-state index in [0.29, 0.717) is 28.3 Å². The lowest BCUT2D eigenvalue weighted by molar-refractivity contribution is -0.128. The van der Waals surface area contributed by atoms with Crippen LogP contribution < -0.4 is 25.6 Å². The summed E-state index contributed by atoms with van der Waals surface area (Å²) in [4.78, 5) is 57.7. The third kappa shape index (κ3) is 8.27. The molecule has 0 aliphatic heterocycles. The van der Waals surface area contributed by atoms with Crippen LogP contribution in [0.25, 0.3) is 0 Å². The Kier molecular flexibility index (Phi) is 11.1. The Hall–Kier alpha value is -5.68. The van der Waals surface area contributed by atoms with Gasteiger partial charge in [0.05, 0.1) is 18.3 Å². The van der Waals surface area contributed by atoms with E-state index < -0.39 is 48.9 Å². The number of benzene rings is 4. The van der Waals surface area contributed by atoms with E-state index in [-0.39, 0.29) is 5.75 Å². The zero-order valence-electron chi connectivity index (χ0n) is 25.9. The van der Waals surface area contributed by atoms with Gasteiger partial charge in [0, 0.05) is 31.2 Å². The lowest BCUT2D eigenvalue weighted by Crippen LogP contribution is -2.54. The van der Waals surface area contributed by atoms with Gasteiger partial charge in [-0.3, -0.25) is 14.4 Å². The summed E-state index contributed by atoms with van der Waals surface area (Å²) in [5, 5.41) is 12.7. The van der Waals surface area contributed by atoms with Gasteiger partial charge in [-0.1, -0.05) is 60.7 Å². The van der Waals surface area contributed by atoms with Crippen LogP contribution in [0.4, 0.5) is 27.5 Å². The summed E-state index contributed by atoms with van der Waals surface area (Å²) >= 11 is 0. The number of nitrogens with two attached hydrogens (primary N) is 1. The number of nitrogens with one attached hydrogen (secondary N) is 1. The van der Waals surface area contributed by atoms with Crippen LogP contribution in [-0.4, -0.2) is 66.9 Å². The van der Waals surface area contributed by atoms with E-state index in [0.717, 1.165) is 0 Å². The Bertz CT molecular complexity index is 1660. The molecule has 11 nitrogen and oxygen atoms in total. The smallest absolute Gasteiger partial charge is 0.321 e. The van der Waals surface area contributed by atoms with Crippen LogP contribution >= 0.6 is 0 Å². The molecule has 0 saturated carbocycles. The minimum atomic E-state index is -1.47. The number of urea groups is 1. The number of carbonyl (C=O) groups excluding carboxylic acids is 4. The lowest BCUT2D eigenvalue weighted by Gasteiger charge is -2.35. The van der Waals surface area contributed by atoms with E-state index >= 15 is 0 Å². The average molecular weight is 624 g/mol.